The second kappa shape index (κ2) is 5.39. The highest BCUT2D eigenvalue weighted by Gasteiger charge is 2.23. The zero-order valence-electron chi connectivity index (χ0n) is 10.7. The van der Waals surface area contributed by atoms with Crippen LogP contribution in [0.2, 0.25) is 0 Å². The number of ether oxygens (including phenoxy) is 1. The summed E-state index contributed by atoms with van der Waals surface area (Å²) in [6.45, 7) is 2.87. The fourth-order valence-electron chi connectivity index (χ4n) is 2.46. The summed E-state index contributed by atoms with van der Waals surface area (Å²) in [6.07, 6.45) is 0.975. The van der Waals surface area contributed by atoms with Crippen LogP contribution in [0, 0.1) is 0 Å². The number of nitrogens with one attached hydrogen (secondary N) is 1. The van der Waals surface area contributed by atoms with Crippen molar-refractivity contribution in [2.24, 2.45) is 0 Å². The van der Waals surface area contributed by atoms with E-state index in [1.165, 1.54) is 5.56 Å². The van der Waals surface area contributed by atoms with Crippen molar-refractivity contribution < 1.29 is 9.15 Å². The molecule has 0 radical (unpaired) electrons. The molecule has 3 nitrogen and oxygen atoms in total. The van der Waals surface area contributed by atoms with E-state index in [9.17, 15) is 0 Å². The minimum Gasteiger partial charge on any atom is -0.493 e. The van der Waals surface area contributed by atoms with Gasteiger partial charge in [0.05, 0.1) is 12.6 Å². The topological polar surface area (TPSA) is 34.4 Å². The lowest BCUT2D eigenvalue weighted by Gasteiger charge is -2.28. The lowest BCUT2D eigenvalue weighted by Crippen LogP contribution is -2.29. The average molecular weight is 322 g/mol. The third-order valence-electron chi connectivity index (χ3n) is 3.43. The third kappa shape index (κ3) is 2.69. The third-order valence-corrected chi connectivity index (χ3v) is 3.86. The van der Waals surface area contributed by atoms with Crippen molar-refractivity contribution in [1.82, 2.24) is 5.32 Å². The van der Waals surface area contributed by atoms with E-state index in [1.807, 2.05) is 24.3 Å². The molecule has 0 fully saturated rings. The van der Waals surface area contributed by atoms with Gasteiger partial charge in [-0.2, -0.15) is 0 Å². The van der Waals surface area contributed by atoms with E-state index >= 15 is 0 Å². The van der Waals surface area contributed by atoms with Crippen LogP contribution in [0.15, 0.2) is 45.5 Å². The summed E-state index contributed by atoms with van der Waals surface area (Å²) in [5, 5.41) is 3.61. The first-order valence-electron chi connectivity index (χ1n) is 6.47. The van der Waals surface area contributed by atoms with Crippen LogP contribution in [0.5, 0.6) is 5.75 Å². The van der Waals surface area contributed by atoms with Crippen LogP contribution in [-0.4, -0.2) is 6.61 Å². The van der Waals surface area contributed by atoms with Crippen LogP contribution in [0.25, 0.3) is 0 Å². The minimum atomic E-state index is 0.169. The fourth-order valence-corrected chi connectivity index (χ4v) is 2.78. The molecule has 2 aromatic rings. The Hall–Kier alpha value is -1.26. The molecule has 0 saturated carbocycles. The van der Waals surface area contributed by atoms with Gasteiger partial charge in [0.1, 0.15) is 11.5 Å². The predicted octanol–water partition coefficient (Wildman–Crippen LogP) is 4.22. The van der Waals surface area contributed by atoms with Gasteiger partial charge in [0.25, 0.3) is 0 Å². The van der Waals surface area contributed by atoms with E-state index in [4.69, 9.17) is 9.15 Å². The second-order valence-electron chi connectivity index (χ2n) is 4.76. The van der Waals surface area contributed by atoms with Crippen LogP contribution < -0.4 is 10.1 Å². The SMILES string of the molecule is CC(NC1CCOc2ccccc21)c1ccc(Br)o1. The Morgan fingerprint density at radius 3 is 2.89 bits per heavy atom. The molecule has 2 heterocycles. The van der Waals surface area contributed by atoms with Crippen molar-refractivity contribution in [3.05, 3.63) is 52.4 Å². The molecule has 0 amide bonds. The Morgan fingerprint density at radius 2 is 2.11 bits per heavy atom. The van der Waals surface area contributed by atoms with Gasteiger partial charge in [-0.3, -0.25) is 0 Å². The molecule has 1 aromatic carbocycles. The number of furan rings is 1. The highest BCUT2D eigenvalue weighted by molar-refractivity contribution is 9.10. The van der Waals surface area contributed by atoms with Gasteiger partial charge in [0, 0.05) is 18.0 Å². The highest BCUT2D eigenvalue weighted by atomic mass is 79.9. The zero-order chi connectivity index (χ0) is 13.2. The summed E-state index contributed by atoms with van der Waals surface area (Å²) in [6, 6.07) is 12.6. The van der Waals surface area contributed by atoms with E-state index in [0.29, 0.717) is 6.04 Å². The molecule has 1 aromatic heterocycles. The van der Waals surface area contributed by atoms with E-state index in [2.05, 4.69) is 40.3 Å². The summed E-state index contributed by atoms with van der Waals surface area (Å²) in [7, 11) is 0. The van der Waals surface area contributed by atoms with Crippen molar-refractivity contribution >= 4 is 15.9 Å². The molecular formula is C15H16BrNO2. The van der Waals surface area contributed by atoms with Gasteiger partial charge in [0.15, 0.2) is 4.67 Å². The number of benzene rings is 1. The number of fused-ring (bicyclic) bond motifs is 1. The molecule has 0 bridgehead atoms. The van der Waals surface area contributed by atoms with Crippen molar-refractivity contribution in [2.75, 3.05) is 6.61 Å². The summed E-state index contributed by atoms with van der Waals surface area (Å²) in [5.74, 6) is 1.93. The summed E-state index contributed by atoms with van der Waals surface area (Å²) in [5.41, 5.74) is 1.23. The molecule has 2 atom stereocenters. The monoisotopic (exact) mass is 321 g/mol. The maximum absolute atomic E-state index is 5.67. The average Bonchev–Trinajstić information content (AvgIpc) is 2.86. The molecule has 1 aliphatic rings. The Labute approximate surface area is 121 Å². The Balaban J connectivity index is 1.77. The first-order chi connectivity index (χ1) is 9.24. The van der Waals surface area contributed by atoms with Crippen LogP contribution in [0.3, 0.4) is 0 Å². The minimum absolute atomic E-state index is 0.169. The van der Waals surface area contributed by atoms with Crippen molar-refractivity contribution in [3.63, 3.8) is 0 Å². The fraction of sp³-hybridized carbons (Fsp3) is 0.333. The largest absolute Gasteiger partial charge is 0.493 e. The van der Waals surface area contributed by atoms with E-state index in [0.717, 1.165) is 29.2 Å². The van der Waals surface area contributed by atoms with E-state index < -0.39 is 0 Å². The number of rotatable bonds is 3. The summed E-state index contributed by atoms with van der Waals surface area (Å²) < 4.78 is 12.0. The van der Waals surface area contributed by atoms with Gasteiger partial charge < -0.3 is 14.5 Å². The molecule has 0 saturated heterocycles. The van der Waals surface area contributed by atoms with Gasteiger partial charge in [0.2, 0.25) is 0 Å². The Morgan fingerprint density at radius 1 is 1.26 bits per heavy atom. The Kier molecular flexibility index (Phi) is 3.62. The van der Waals surface area contributed by atoms with Crippen molar-refractivity contribution in [3.8, 4) is 5.75 Å². The van der Waals surface area contributed by atoms with Crippen LogP contribution >= 0.6 is 15.9 Å². The molecule has 100 valence electrons. The van der Waals surface area contributed by atoms with Crippen molar-refractivity contribution in [1.29, 1.82) is 0 Å². The second-order valence-corrected chi connectivity index (χ2v) is 5.54. The van der Waals surface area contributed by atoms with Gasteiger partial charge in [-0.05, 0) is 41.1 Å². The van der Waals surface area contributed by atoms with Crippen LogP contribution in [0.4, 0.5) is 0 Å². The van der Waals surface area contributed by atoms with E-state index in [1.54, 1.807) is 0 Å². The number of para-hydroxylation sites is 1. The molecule has 0 spiro atoms. The number of halogens is 1. The van der Waals surface area contributed by atoms with Crippen molar-refractivity contribution in [2.45, 2.75) is 25.4 Å². The molecule has 0 aliphatic carbocycles. The van der Waals surface area contributed by atoms with Gasteiger partial charge in [-0.15, -0.1) is 0 Å². The van der Waals surface area contributed by atoms with Crippen LogP contribution in [0.1, 0.15) is 36.8 Å². The Bertz CT molecular complexity index is 567. The lowest BCUT2D eigenvalue weighted by atomic mass is 9.99. The summed E-state index contributed by atoms with van der Waals surface area (Å²) in [4.78, 5) is 0. The molecule has 1 N–H and O–H groups in total. The predicted molar refractivity (Wildman–Crippen MR) is 77.3 cm³/mol. The van der Waals surface area contributed by atoms with Gasteiger partial charge >= 0.3 is 0 Å². The maximum atomic E-state index is 5.67. The summed E-state index contributed by atoms with van der Waals surface area (Å²) >= 11 is 3.34. The highest BCUT2D eigenvalue weighted by Crippen LogP contribution is 2.33. The van der Waals surface area contributed by atoms with Gasteiger partial charge in [-0.1, -0.05) is 18.2 Å². The van der Waals surface area contributed by atoms with E-state index in [-0.39, 0.29) is 6.04 Å². The molecular weight excluding hydrogens is 306 g/mol. The molecule has 19 heavy (non-hydrogen) atoms. The lowest BCUT2D eigenvalue weighted by molar-refractivity contribution is 0.241. The van der Waals surface area contributed by atoms with Gasteiger partial charge in [-0.25, -0.2) is 0 Å². The zero-order valence-corrected chi connectivity index (χ0v) is 12.3. The molecule has 2 unspecified atom stereocenters. The number of hydrogen-bond donors (Lipinski definition) is 1. The first kappa shape index (κ1) is 12.8. The standard InChI is InChI=1S/C15H16BrNO2/c1-10(13-6-7-15(16)19-13)17-12-8-9-18-14-5-3-2-4-11(12)14/h2-7,10,12,17H,8-9H2,1H3. The quantitative estimate of drug-likeness (QED) is 0.919. The number of hydrogen-bond acceptors (Lipinski definition) is 3. The first-order valence-corrected chi connectivity index (χ1v) is 7.26. The smallest absolute Gasteiger partial charge is 0.169 e. The molecule has 1 aliphatic heterocycles. The molecule has 4 heteroatoms. The maximum Gasteiger partial charge on any atom is 0.169 e. The normalized spacial score (nSPS) is 19.6. The molecule has 3 rings (SSSR count). The van der Waals surface area contributed by atoms with Crippen LogP contribution in [-0.2, 0) is 0 Å².